The van der Waals surface area contributed by atoms with Crippen molar-refractivity contribution in [3.8, 4) is 5.82 Å². The lowest BCUT2D eigenvalue weighted by Crippen LogP contribution is -2.41. The summed E-state index contributed by atoms with van der Waals surface area (Å²) in [5.41, 5.74) is 1.74. The number of carboxylic acid groups (broad SMARTS) is 1. The number of amides is 1. The number of aromatic carboxylic acids is 1. The van der Waals surface area contributed by atoms with Crippen molar-refractivity contribution >= 4 is 46.8 Å². The van der Waals surface area contributed by atoms with Crippen LogP contribution in [0.3, 0.4) is 0 Å². The van der Waals surface area contributed by atoms with Gasteiger partial charge in [0, 0.05) is 41.6 Å². The van der Waals surface area contributed by atoms with Crippen molar-refractivity contribution in [2.45, 2.75) is 57.7 Å². The van der Waals surface area contributed by atoms with E-state index in [1.165, 1.54) is 6.42 Å². The highest BCUT2D eigenvalue weighted by Gasteiger charge is 2.25. The number of rotatable bonds is 12. The molecule has 2 aromatic heterocycles. The molecule has 0 unspecified atom stereocenters. The number of carboxylic acids is 1. The molecule has 1 saturated carbocycles. The topological polar surface area (TPSA) is 134 Å². The number of nitrogens with one attached hydrogen (secondary N) is 3. The molecular formula is C31H33Cl2N7O3. The summed E-state index contributed by atoms with van der Waals surface area (Å²) in [5.74, 6) is 0.624. The number of halogens is 2. The molecule has 0 radical (unpaired) electrons. The number of carbonyl (C=O) groups is 2. The lowest BCUT2D eigenvalue weighted by Gasteiger charge is -2.27. The van der Waals surface area contributed by atoms with E-state index in [4.69, 9.17) is 23.2 Å². The lowest BCUT2D eigenvalue weighted by atomic mass is 9.84. The van der Waals surface area contributed by atoms with Gasteiger partial charge in [0.1, 0.15) is 24.0 Å². The highest BCUT2D eigenvalue weighted by molar-refractivity contribution is 6.35. The van der Waals surface area contributed by atoms with Crippen LogP contribution in [0.15, 0.2) is 67.3 Å². The van der Waals surface area contributed by atoms with E-state index in [2.05, 4.69) is 30.9 Å². The predicted octanol–water partition coefficient (Wildman–Crippen LogP) is 6.35. The zero-order valence-corrected chi connectivity index (χ0v) is 25.0. The third-order valence-corrected chi connectivity index (χ3v) is 8.09. The number of hydrogen-bond acceptors (Lipinski definition) is 7. The SMILES string of the molecule is O=C(O)c1cccc(CNc2nc(N[C@H](CC3CCCCC3)C(=O)NCc3ccc(Cl)cc3Cl)cc(-n3ccnc3)n2)c1. The Morgan fingerprint density at radius 1 is 1.02 bits per heavy atom. The van der Waals surface area contributed by atoms with Gasteiger partial charge >= 0.3 is 5.97 Å². The maximum Gasteiger partial charge on any atom is 0.335 e. The van der Waals surface area contributed by atoms with Gasteiger partial charge in [0.25, 0.3) is 0 Å². The van der Waals surface area contributed by atoms with E-state index in [-0.39, 0.29) is 18.0 Å². The zero-order valence-electron chi connectivity index (χ0n) is 23.5. The van der Waals surface area contributed by atoms with Crippen molar-refractivity contribution in [1.29, 1.82) is 0 Å². The summed E-state index contributed by atoms with van der Waals surface area (Å²) in [6.07, 6.45) is 11.4. The second-order valence-electron chi connectivity index (χ2n) is 10.7. The van der Waals surface area contributed by atoms with Crippen molar-refractivity contribution in [3.05, 3.63) is 94.0 Å². The largest absolute Gasteiger partial charge is 0.478 e. The molecule has 2 heterocycles. The Hall–Kier alpha value is -4.15. The maximum absolute atomic E-state index is 13.6. The van der Waals surface area contributed by atoms with Crippen LogP contribution in [0.2, 0.25) is 10.0 Å². The Labute approximate surface area is 259 Å². The van der Waals surface area contributed by atoms with Crippen LogP contribution < -0.4 is 16.0 Å². The molecule has 2 aromatic carbocycles. The molecule has 12 heteroatoms. The number of hydrogen-bond donors (Lipinski definition) is 4. The molecule has 4 N–H and O–H groups in total. The van der Waals surface area contributed by atoms with Gasteiger partial charge in [-0.3, -0.25) is 9.36 Å². The molecule has 1 atom stereocenters. The van der Waals surface area contributed by atoms with Crippen LogP contribution in [-0.2, 0) is 17.9 Å². The van der Waals surface area contributed by atoms with Crippen molar-refractivity contribution in [3.63, 3.8) is 0 Å². The smallest absolute Gasteiger partial charge is 0.335 e. The molecule has 224 valence electrons. The second-order valence-corrected chi connectivity index (χ2v) is 11.5. The average molecular weight is 623 g/mol. The van der Waals surface area contributed by atoms with Gasteiger partial charge in [-0.1, -0.05) is 73.5 Å². The first-order valence-corrected chi connectivity index (χ1v) is 15.0. The standard InChI is InChI=1S/C31H33Cl2N7O3/c32-24-10-9-23(25(33)15-24)18-35-29(41)26(14-20-5-2-1-3-6-20)37-27-16-28(40-12-11-34-19-40)39-31(38-27)36-17-21-7-4-8-22(13-21)30(42)43/h4,7-13,15-16,19-20,26H,1-3,5-6,14,17-18H2,(H,35,41)(H,42,43)(H2,36,37,38,39)/t26-/m1/s1. The van der Waals surface area contributed by atoms with Gasteiger partial charge in [0.15, 0.2) is 0 Å². The predicted molar refractivity (Wildman–Crippen MR) is 167 cm³/mol. The van der Waals surface area contributed by atoms with Crippen LogP contribution in [0, 0.1) is 5.92 Å². The minimum atomic E-state index is -0.993. The van der Waals surface area contributed by atoms with Gasteiger partial charge in [0.2, 0.25) is 11.9 Å². The summed E-state index contributed by atoms with van der Waals surface area (Å²) in [4.78, 5) is 38.4. The number of benzene rings is 2. The van der Waals surface area contributed by atoms with E-state index in [9.17, 15) is 14.7 Å². The van der Waals surface area contributed by atoms with Gasteiger partial charge in [0.05, 0.1) is 5.56 Å². The summed E-state index contributed by atoms with van der Waals surface area (Å²) in [5, 5.41) is 20.0. The summed E-state index contributed by atoms with van der Waals surface area (Å²) < 4.78 is 1.75. The third kappa shape index (κ3) is 8.46. The Morgan fingerprint density at radius 2 is 1.86 bits per heavy atom. The fourth-order valence-corrected chi connectivity index (χ4v) is 5.72. The minimum absolute atomic E-state index is 0.153. The first kappa shape index (κ1) is 30.3. The van der Waals surface area contributed by atoms with E-state index in [1.807, 2.05) is 6.07 Å². The zero-order chi connectivity index (χ0) is 30.2. The molecule has 0 saturated heterocycles. The monoisotopic (exact) mass is 621 g/mol. The van der Waals surface area contributed by atoms with Crippen molar-refractivity contribution in [1.82, 2.24) is 24.8 Å². The van der Waals surface area contributed by atoms with Crippen LogP contribution >= 0.6 is 23.2 Å². The van der Waals surface area contributed by atoms with Crippen LogP contribution in [-0.4, -0.2) is 42.5 Å². The van der Waals surface area contributed by atoms with E-state index >= 15 is 0 Å². The fourth-order valence-electron chi connectivity index (χ4n) is 5.25. The van der Waals surface area contributed by atoms with E-state index in [0.29, 0.717) is 46.5 Å². The van der Waals surface area contributed by atoms with Crippen LogP contribution in [0.5, 0.6) is 0 Å². The maximum atomic E-state index is 13.6. The molecular weight excluding hydrogens is 589 g/mol. The number of anilines is 2. The summed E-state index contributed by atoms with van der Waals surface area (Å²) in [6.45, 7) is 0.575. The van der Waals surface area contributed by atoms with E-state index in [1.54, 1.807) is 65.8 Å². The van der Waals surface area contributed by atoms with Crippen molar-refractivity contribution in [2.24, 2.45) is 5.92 Å². The Morgan fingerprint density at radius 3 is 2.60 bits per heavy atom. The molecule has 10 nitrogen and oxygen atoms in total. The van der Waals surface area contributed by atoms with Gasteiger partial charge in [-0.15, -0.1) is 0 Å². The Kier molecular flexibility index (Phi) is 10.1. The first-order valence-electron chi connectivity index (χ1n) is 14.3. The molecule has 1 fully saturated rings. The molecule has 1 aliphatic rings. The van der Waals surface area contributed by atoms with Crippen molar-refractivity contribution in [2.75, 3.05) is 10.6 Å². The van der Waals surface area contributed by atoms with Crippen molar-refractivity contribution < 1.29 is 14.7 Å². The normalized spacial score (nSPS) is 14.2. The minimum Gasteiger partial charge on any atom is -0.478 e. The van der Waals surface area contributed by atoms with Crippen LogP contribution in [0.4, 0.5) is 11.8 Å². The number of nitrogens with zero attached hydrogens (tertiary/aromatic N) is 4. The molecule has 4 aromatic rings. The molecule has 1 amide bonds. The molecule has 0 spiro atoms. The summed E-state index contributed by atoms with van der Waals surface area (Å²) >= 11 is 12.4. The summed E-state index contributed by atoms with van der Waals surface area (Å²) in [6, 6.07) is 13.1. The quantitative estimate of drug-likeness (QED) is 0.144. The molecule has 5 rings (SSSR count). The molecule has 43 heavy (non-hydrogen) atoms. The van der Waals surface area contributed by atoms with Gasteiger partial charge < -0.3 is 21.1 Å². The Bertz CT molecular complexity index is 1560. The summed E-state index contributed by atoms with van der Waals surface area (Å²) in [7, 11) is 0. The van der Waals surface area contributed by atoms with Crippen LogP contribution in [0.25, 0.3) is 5.82 Å². The fraction of sp³-hybridized carbons (Fsp3) is 0.323. The number of aromatic nitrogens is 4. The van der Waals surface area contributed by atoms with Gasteiger partial charge in [-0.05, 0) is 47.7 Å². The van der Waals surface area contributed by atoms with E-state index < -0.39 is 12.0 Å². The van der Waals surface area contributed by atoms with E-state index in [0.717, 1.165) is 36.8 Å². The second kappa shape index (κ2) is 14.3. The van der Waals surface area contributed by atoms with Gasteiger partial charge in [-0.2, -0.15) is 9.97 Å². The average Bonchev–Trinajstić information content (AvgIpc) is 3.55. The third-order valence-electron chi connectivity index (χ3n) is 7.51. The van der Waals surface area contributed by atoms with Gasteiger partial charge in [-0.25, -0.2) is 9.78 Å². The molecule has 1 aliphatic carbocycles. The molecule has 0 aliphatic heterocycles. The lowest BCUT2D eigenvalue weighted by molar-refractivity contribution is -0.122. The number of carbonyl (C=O) groups excluding carboxylic acids is 1. The first-order chi connectivity index (χ1) is 20.8. The Balaban J connectivity index is 1.37. The molecule has 0 bridgehead atoms. The highest BCUT2D eigenvalue weighted by atomic mass is 35.5. The van der Waals surface area contributed by atoms with Crippen LogP contribution in [0.1, 0.15) is 60.0 Å². The number of imidazole rings is 1. The highest BCUT2D eigenvalue weighted by Crippen LogP contribution is 2.29.